The van der Waals surface area contributed by atoms with Gasteiger partial charge in [0.1, 0.15) is 24.9 Å². The van der Waals surface area contributed by atoms with Crippen LogP contribution >= 0.6 is 0 Å². The van der Waals surface area contributed by atoms with E-state index in [4.69, 9.17) is 14.2 Å². The molecule has 4 heterocycles. The van der Waals surface area contributed by atoms with Crippen molar-refractivity contribution in [1.82, 2.24) is 19.5 Å². The molecule has 0 saturated carbocycles. The lowest BCUT2D eigenvalue weighted by molar-refractivity contribution is -0.144. The number of alkyl halides is 3. The van der Waals surface area contributed by atoms with E-state index in [1.165, 1.54) is 18.2 Å². The fourth-order valence-corrected chi connectivity index (χ4v) is 4.00. The third-order valence-corrected chi connectivity index (χ3v) is 5.80. The minimum Gasteiger partial charge on any atom is -0.488 e. The average Bonchev–Trinajstić information content (AvgIpc) is 3.54. The van der Waals surface area contributed by atoms with E-state index in [2.05, 4.69) is 20.3 Å². The van der Waals surface area contributed by atoms with Crippen LogP contribution in [-0.2, 0) is 15.7 Å². The van der Waals surface area contributed by atoms with E-state index in [1.54, 1.807) is 6.07 Å². The topological polar surface area (TPSA) is 124 Å². The van der Waals surface area contributed by atoms with Crippen molar-refractivity contribution in [2.75, 3.05) is 25.1 Å². The zero-order chi connectivity index (χ0) is 24.7. The third-order valence-electron chi connectivity index (χ3n) is 5.80. The standard InChI is InChI=1S/C21H21F4N5O5/c22-11-3-1-2-4-12(11)34-8-13-15(31)16(32)19(35-13)30-9-26-14-17(27-10-5-6-33-7-10)28-20(21(23,24)25)29-18(14)30/h1-4,9-10,13,15-16,19,31-32H,5-8H2,(H,27,28,29)/t10?,13-,15+,16+,19-/m1/s1. The predicted molar refractivity (Wildman–Crippen MR) is 111 cm³/mol. The second-order valence-corrected chi connectivity index (χ2v) is 8.21. The first-order chi connectivity index (χ1) is 16.7. The van der Waals surface area contributed by atoms with E-state index in [1.807, 2.05) is 0 Å². The van der Waals surface area contributed by atoms with Crippen LogP contribution in [0.5, 0.6) is 5.75 Å². The van der Waals surface area contributed by atoms with Gasteiger partial charge in [0.2, 0.25) is 5.82 Å². The lowest BCUT2D eigenvalue weighted by Crippen LogP contribution is -2.34. The van der Waals surface area contributed by atoms with E-state index in [0.29, 0.717) is 19.6 Å². The quantitative estimate of drug-likeness (QED) is 0.436. The highest BCUT2D eigenvalue weighted by molar-refractivity contribution is 5.83. The molecule has 2 aliphatic heterocycles. The monoisotopic (exact) mass is 499 g/mol. The Morgan fingerprint density at radius 3 is 2.69 bits per heavy atom. The maximum absolute atomic E-state index is 13.8. The highest BCUT2D eigenvalue weighted by Crippen LogP contribution is 2.35. The number of ether oxygens (including phenoxy) is 3. The highest BCUT2D eigenvalue weighted by Gasteiger charge is 2.45. The molecule has 0 radical (unpaired) electrons. The molecule has 14 heteroatoms. The van der Waals surface area contributed by atoms with Crippen LogP contribution in [0.4, 0.5) is 23.4 Å². The van der Waals surface area contributed by atoms with Gasteiger partial charge in [0.15, 0.2) is 34.8 Å². The van der Waals surface area contributed by atoms with Gasteiger partial charge in [-0.1, -0.05) is 12.1 Å². The first-order valence-corrected chi connectivity index (χ1v) is 10.8. The Morgan fingerprint density at radius 2 is 1.97 bits per heavy atom. The van der Waals surface area contributed by atoms with Gasteiger partial charge in [-0.3, -0.25) is 4.57 Å². The number of aliphatic hydroxyl groups excluding tert-OH is 2. The lowest BCUT2D eigenvalue weighted by atomic mass is 10.1. The summed E-state index contributed by atoms with van der Waals surface area (Å²) in [6.07, 6.45) is -8.58. The number of para-hydroxylation sites is 1. The molecule has 10 nitrogen and oxygen atoms in total. The molecule has 2 aromatic heterocycles. The van der Waals surface area contributed by atoms with Crippen LogP contribution in [0.3, 0.4) is 0 Å². The van der Waals surface area contributed by atoms with E-state index in [0.717, 1.165) is 10.9 Å². The number of hydrogen-bond donors (Lipinski definition) is 3. The number of nitrogens with zero attached hydrogens (tertiary/aromatic N) is 4. The number of anilines is 1. The predicted octanol–water partition coefficient (Wildman–Crippen LogP) is 1.88. The van der Waals surface area contributed by atoms with E-state index in [-0.39, 0.29) is 35.4 Å². The molecule has 0 aliphatic carbocycles. The molecule has 3 N–H and O–H groups in total. The molecular formula is C21H21F4N5O5. The highest BCUT2D eigenvalue weighted by atomic mass is 19.4. The molecule has 188 valence electrons. The van der Waals surface area contributed by atoms with Crippen LogP contribution in [-0.4, -0.2) is 73.9 Å². The molecular weight excluding hydrogens is 478 g/mol. The lowest BCUT2D eigenvalue weighted by Gasteiger charge is -2.18. The summed E-state index contributed by atoms with van der Waals surface area (Å²) in [5.41, 5.74) is -0.220. The van der Waals surface area contributed by atoms with Crippen molar-refractivity contribution in [2.24, 2.45) is 0 Å². The summed E-state index contributed by atoms with van der Waals surface area (Å²) in [5.74, 6) is -2.24. The summed E-state index contributed by atoms with van der Waals surface area (Å²) in [4.78, 5) is 11.4. The molecule has 5 rings (SSSR count). The smallest absolute Gasteiger partial charge is 0.451 e. The number of benzene rings is 1. The van der Waals surface area contributed by atoms with Crippen molar-refractivity contribution in [3.05, 3.63) is 42.2 Å². The van der Waals surface area contributed by atoms with Crippen LogP contribution in [0.25, 0.3) is 11.2 Å². The van der Waals surface area contributed by atoms with Crippen LogP contribution in [0, 0.1) is 5.82 Å². The Morgan fingerprint density at radius 1 is 1.17 bits per heavy atom. The number of fused-ring (bicyclic) bond motifs is 1. The Hall–Kier alpha value is -3.07. The maximum atomic E-state index is 13.8. The first kappa shape index (κ1) is 23.7. The normalized spacial score (nSPS) is 27.0. The summed E-state index contributed by atoms with van der Waals surface area (Å²) >= 11 is 0. The SMILES string of the molecule is O[C@@H]1[C@H](O)[C@H](n2cnc3c(NC4CCOC4)nc(C(F)(F)F)nc32)O[C@@H]1COc1ccccc1F. The maximum Gasteiger partial charge on any atom is 0.451 e. The summed E-state index contributed by atoms with van der Waals surface area (Å²) in [6.45, 7) is 0.441. The van der Waals surface area contributed by atoms with Gasteiger partial charge in [0, 0.05) is 6.61 Å². The largest absolute Gasteiger partial charge is 0.488 e. The van der Waals surface area contributed by atoms with E-state index >= 15 is 0 Å². The number of nitrogens with one attached hydrogen (secondary N) is 1. The number of hydrogen-bond acceptors (Lipinski definition) is 9. The Kier molecular flexibility index (Phi) is 6.21. The summed E-state index contributed by atoms with van der Waals surface area (Å²) in [7, 11) is 0. The molecule has 2 fully saturated rings. The fourth-order valence-electron chi connectivity index (χ4n) is 4.00. The fraction of sp³-hybridized carbons (Fsp3) is 0.476. The molecule has 3 aromatic rings. The van der Waals surface area contributed by atoms with Gasteiger partial charge in [-0.05, 0) is 18.6 Å². The van der Waals surface area contributed by atoms with Crippen molar-refractivity contribution in [3.8, 4) is 5.75 Å². The van der Waals surface area contributed by atoms with Crippen molar-refractivity contribution in [2.45, 2.75) is 43.2 Å². The third kappa shape index (κ3) is 4.61. The number of rotatable bonds is 6. The molecule has 0 bridgehead atoms. The first-order valence-electron chi connectivity index (χ1n) is 10.8. The van der Waals surface area contributed by atoms with Gasteiger partial charge in [0.25, 0.3) is 0 Å². The molecule has 0 amide bonds. The van der Waals surface area contributed by atoms with Crippen molar-refractivity contribution < 1.29 is 42.0 Å². The summed E-state index contributed by atoms with van der Waals surface area (Å²) in [5, 5.41) is 24.0. The summed E-state index contributed by atoms with van der Waals surface area (Å²) in [6, 6.07) is 5.36. The molecule has 1 aromatic carbocycles. The Labute approximate surface area is 195 Å². The zero-order valence-corrected chi connectivity index (χ0v) is 18.0. The Bertz CT molecular complexity index is 1200. The van der Waals surface area contributed by atoms with Crippen LogP contribution < -0.4 is 10.1 Å². The second-order valence-electron chi connectivity index (χ2n) is 8.21. The summed E-state index contributed by atoms with van der Waals surface area (Å²) < 4.78 is 71.9. The van der Waals surface area contributed by atoms with Gasteiger partial charge in [-0.25, -0.2) is 19.3 Å². The van der Waals surface area contributed by atoms with Crippen molar-refractivity contribution >= 4 is 17.0 Å². The molecule has 0 spiro atoms. The van der Waals surface area contributed by atoms with Gasteiger partial charge in [0.05, 0.1) is 19.0 Å². The number of imidazole rings is 1. The van der Waals surface area contributed by atoms with Gasteiger partial charge < -0.3 is 29.7 Å². The Balaban J connectivity index is 1.44. The molecule has 1 unspecified atom stereocenters. The average molecular weight is 499 g/mol. The van der Waals surface area contributed by atoms with Crippen LogP contribution in [0.2, 0.25) is 0 Å². The number of halogens is 4. The molecule has 5 atom stereocenters. The van der Waals surface area contributed by atoms with Crippen molar-refractivity contribution in [3.63, 3.8) is 0 Å². The van der Waals surface area contributed by atoms with Crippen molar-refractivity contribution in [1.29, 1.82) is 0 Å². The van der Waals surface area contributed by atoms with Gasteiger partial charge in [-0.15, -0.1) is 0 Å². The molecule has 2 saturated heterocycles. The molecule has 35 heavy (non-hydrogen) atoms. The minimum absolute atomic E-state index is 0.0289. The van der Waals surface area contributed by atoms with Crippen LogP contribution in [0.1, 0.15) is 18.5 Å². The van der Waals surface area contributed by atoms with Gasteiger partial charge >= 0.3 is 6.18 Å². The minimum atomic E-state index is -4.85. The second kappa shape index (κ2) is 9.18. The van der Waals surface area contributed by atoms with E-state index in [9.17, 15) is 27.8 Å². The zero-order valence-electron chi connectivity index (χ0n) is 18.0. The number of aromatic nitrogens is 4. The molecule has 2 aliphatic rings. The van der Waals surface area contributed by atoms with Crippen LogP contribution in [0.15, 0.2) is 30.6 Å². The van der Waals surface area contributed by atoms with Gasteiger partial charge in [-0.2, -0.15) is 13.2 Å². The van der Waals surface area contributed by atoms with E-state index < -0.39 is 42.4 Å². The number of aliphatic hydroxyl groups is 2.